The topological polar surface area (TPSA) is 156 Å². The second kappa shape index (κ2) is 10.1. The average molecular weight is 356 g/mol. The van der Waals surface area contributed by atoms with Gasteiger partial charge in [-0.05, 0) is 38.6 Å². The number of carbonyl (C=O) groups is 4. The van der Waals surface area contributed by atoms with Gasteiger partial charge in [0.2, 0.25) is 17.7 Å². The predicted molar refractivity (Wildman–Crippen MR) is 90.2 cm³/mol. The SMILES string of the molecule is CCC[C@@H](C(=O)O)N1C(=O)CCCC(N)C1=O.NC(=O)[C@@H]1CCCN1. The summed E-state index contributed by atoms with van der Waals surface area (Å²) >= 11 is 0. The number of hydrogen-bond acceptors (Lipinski definition) is 6. The Morgan fingerprint density at radius 1 is 1.32 bits per heavy atom. The van der Waals surface area contributed by atoms with E-state index in [2.05, 4.69) is 5.32 Å². The lowest BCUT2D eigenvalue weighted by Gasteiger charge is -2.27. The summed E-state index contributed by atoms with van der Waals surface area (Å²) in [6.07, 6.45) is 3.99. The maximum absolute atomic E-state index is 11.9. The van der Waals surface area contributed by atoms with E-state index in [0.29, 0.717) is 19.3 Å². The summed E-state index contributed by atoms with van der Waals surface area (Å²) in [7, 11) is 0. The van der Waals surface area contributed by atoms with E-state index in [1.54, 1.807) is 0 Å². The first-order valence-corrected chi connectivity index (χ1v) is 8.66. The second-order valence-corrected chi connectivity index (χ2v) is 6.29. The van der Waals surface area contributed by atoms with Crippen molar-refractivity contribution in [2.75, 3.05) is 6.54 Å². The van der Waals surface area contributed by atoms with Gasteiger partial charge in [-0.1, -0.05) is 13.3 Å². The maximum atomic E-state index is 11.9. The maximum Gasteiger partial charge on any atom is 0.326 e. The quantitative estimate of drug-likeness (QED) is 0.476. The highest BCUT2D eigenvalue weighted by atomic mass is 16.4. The molecule has 0 aromatic heterocycles. The number of nitrogens with zero attached hydrogens (tertiary/aromatic N) is 1. The van der Waals surface area contributed by atoms with E-state index in [1.807, 2.05) is 6.92 Å². The highest BCUT2D eigenvalue weighted by Crippen LogP contribution is 2.17. The smallest absolute Gasteiger partial charge is 0.326 e. The zero-order valence-corrected chi connectivity index (χ0v) is 14.6. The number of primary amides is 1. The predicted octanol–water partition coefficient (Wildman–Crippen LogP) is -0.670. The standard InChI is InChI=1S/C11H18N2O4.C5H10N2O/c1-2-4-8(11(16)17)13-9(14)6-3-5-7(12)10(13)15;6-5(8)4-2-1-3-7-4/h7-8H,2-6,12H2,1H3,(H,16,17);4,7H,1-3H2,(H2,6,8)/t7?,8-;4-/m00/s1. The van der Waals surface area contributed by atoms with Crippen molar-refractivity contribution in [3.63, 3.8) is 0 Å². The van der Waals surface area contributed by atoms with Crippen LogP contribution in [0.25, 0.3) is 0 Å². The van der Waals surface area contributed by atoms with Crippen LogP contribution in [0.3, 0.4) is 0 Å². The van der Waals surface area contributed by atoms with E-state index in [0.717, 1.165) is 24.3 Å². The summed E-state index contributed by atoms with van der Waals surface area (Å²) in [4.78, 5) is 46.0. The Balaban J connectivity index is 0.000000324. The van der Waals surface area contributed by atoms with Crippen molar-refractivity contribution in [3.05, 3.63) is 0 Å². The zero-order valence-electron chi connectivity index (χ0n) is 14.6. The van der Waals surface area contributed by atoms with E-state index in [9.17, 15) is 19.2 Å². The number of hydrogen-bond donors (Lipinski definition) is 4. The molecule has 25 heavy (non-hydrogen) atoms. The number of aliphatic carboxylic acids is 1. The lowest BCUT2D eigenvalue weighted by Crippen LogP contribution is -2.52. The van der Waals surface area contributed by atoms with Gasteiger partial charge in [0.05, 0.1) is 12.1 Å². The Morgan fingerprint density at radius 2 is 2.00 bits per heavy atom. The minimum Gasteiger partial charge on any atom is -0.480 e. The fraction of sp³-hybridized carbons (Fsp3) is 0.750. The number of rotatable bonds is 5. The average Bonchev–Trinajstić information content (AvgIpc) is 3.05. The van der Waals surface area contributed by atoms with Crippen LogP contribution in [-0.2, 0) is 19.2 Å². The number of nitrogens with one attached hydrogen (secondary N) is 1. The highest BCUT2D eigenvalue weighted by molar-refractivity contribution is 6.01. The van der Waals surface area contributed by atoms with Gasteiger partial charge in [-0.15, -0.1) is 0 Å². The Labute approximate surface area is 147 Å². The Bertz CT molecular complexity index is 505. The van der Waals surface area contributed by atoms with Crippen LogP contribution in [0.4, 0.5) is 0 Å². The zero-order chi connectivity index (χ0) is 19.0. The molecule has 2 fully saturated rings. The van der Waals surface area contributed by atoms with Gasteiger partial charge in [0, 0.05) is 6.42 Å². The van der Waals surface area contributed by atoms with Gasteiger partial charge in [-0.25, -0.2) is 4.79 Å². The largest absolute Gasteiger partial charge is 0.480 e. The fourth-order valence-electron chi connectivity index (χ4n) is 2.91. The van der Waals surface area contributed by atoms with E-state index < -0.39 is 29.9 Å². The van der Waals surface area contributed by atoms with Crippen LogP contribution < -0.4 is 16.8 Å². The van der Waals surface area contributed by atoms with E-state index in [4.69, 9.17) is 16.6 Å². The molecule has 0 saturated carbocycles. The van der Waals surface area contributed by atoms with Crippen LogP contribution in [-0.4, -0.2) is 58.4 Å². The van der Waals surface area contributed by atoms with Crippen molar-refractivity contribution < 1.29 is 24.3 Å². The minimum absolute atomic E-state index is 0.0463. The minimum atomic E-state index is -1.15. The third-order valence-electron chi connectivity index (χ3n) is 4.29. The molecule has 0 aromatic rings. The van der Waals surface area contributed by atoms with Crippen molar-refractivity contribution in [2.24, 2.45) is 11.5 Å². The van der Waals surface area contributed by atoms with Gasteiger partial charge in [-0.2, -0.15) is 0 Å². The van der Waals surface area contributed by atoms with Gasteiger partial charge in [-0.3, -0.25) is 19.3 Å². The Hall–Kier alpha value is -2.00. The molecule has 2 rings (SSSR count). The van der Waals surface area contributed by atoms with Crippen molar-refractivity contribution in [3.8, 4) is 0 Å². The first-order chi connectivity index (χ1) is 11.8. The summed E-state index contributed by atoms with van der Waals surface area (Å²) in [5.74, 6) is -2.36. The Kier molecular flexibility index (Phi) is 8.50. The number of carboxylic acid groups (broad SMARTS) is 1. The molecule has 142 valence electrons. The van der Waals surface area contributed by atoms with Crippen molar-refractivity contribution >= 4 is 23.7 Å². The molecule has 0 aromatic carbocycles. The second-order valence-electron chi connectivity index (χ2n) is 6.29. The van der Waals surface area contributed by atoms with Crippen LogP contribution in [0.5, 0.6) is 0 Å². The van der Waals surface area contributed by atoms with Gasteiger partial charge >= 0.3 is 5.97 Å². The number of carboxylic acids is 1. The molecule has 1 unspecified atom stereocenters. The van der Waals surface area contributed by atoms with E-state index >= 15 is 0 Å². The molecule has 2 saturated heterocycles. The molecule has 2 aliphatic rings. The number of imide groups is 1. The van der Waals surface area contributed by atoms with Gasteiger partial charge < -0.3 is 21.9 Å². The van der Waals surface area contributed by atoms with Gasteiger partial charge in [0.25, 0.3) is 0 Å². The molecule has 0 bridgehead atoms. The van der Waals surface area contributed by atoms with Crippen LogP contribution in [0, 0.1) is 0 Å². The monoisotopic (exact) mass is 356 g/mol. The van der Waals surface area contributed by atoms with E-state index in [1.165, 1.54) is 0 Å². The normalized spacial score (nSPS) is 25.0. The fourth-order valence-corrected chi connectivity index (χ4v) is 2.91. The first-order valence-electron chi connectivity index (χ1n) is 8.66. The van der Waals surface area contributed by atoms with Crippen molar-refractivity contribution in [1.29, 1.82) is 0 Å². The molecule has 2 aliphatic heterocycles. The van der Waals surface area contributed by atoms with Crippen LogP contribution in [0.1, 0.15) is 51.9 Å². The molecule has 0 aliphatic carbocycles. The molecule has 0 spiro atoms. The van der Waals surface area contributed by atoms with Gasteiger partial charge in [0.15, 0.2) is 0 Å². The lowest BCUT2D eigenvalue weighted by atomic mass is 10.1. The number of amides is 3. The number of nitrogens with two attached hydrogens (primary N) is 2. The molecule has 9 nitrogen and oxygen atoms in total. The summed E-state index contributed by atoms with van der Waals surface area (Å²) in [5.41, 5.74) is 10.6. The summed E-state index contributed by atoms with van der Waals surface area (Å²) in [6.45, 7) is 2.75. The molecule has 9 heteroatoms. The van der Waals surface area contributed by atoms with Crippen LogP contribution in [0.15, 0.2) is 0 Å². The number of carbonyl (C=O) groups excluding carboxylic acids is 3. The first kappa shape index (κ1) is 21.0. The summed E-state index contributed by atoms with van der Waals surface area (Å²) in [5, 5.41) is 12.1. The molecule has 2 heterocycles. The molecule has 6 N–H and O–H groups in total. The number of likely N-dealkylation sites (tertiary alicyclic amines) is 1. The molecule has 0 radical (unpaired) electrons. The summed E-state index contributed by atoms with van der Waals surface area (Å²) < 4.78 is 0. The lowest BCUT2D eigenvalue weighted by molar-refractivity contribution is -0.158. The molecular formula is C16H28N4O5. The molecule has 3 amide bonds. The van der Waals surface area contributed by atoms with Crippen LogP contribution >= 0.6 is 0 Å². The Morgan fingerprint density at radius 3 is 2.44 bits per heavy atom. The van der Waals surface area contributed by atoms with Crippen molar-refractivity contribution in [1.82, 2.24) is 10.2 Å². The van der Waals surface area contributed by atoms with Gasteiger partial charge in [0.1, 0.15) is 6.04 Å². The van der Waals surface area contributed by atoms with Crippen LogP contribution in [0.2, 0.25) is 0 Å². The highest BCUT2D eigenvalue weighted by Gasteiger charge is 2.37. The van der Waals surface area contributed by atoms with E-state index in [-0.39, 0.29) is 24.8 Å². The van der Waals surface area contributed by atoms with Crippen molar-refractivity contribution in [2.45, 2.75) is 70.0 Å². The molecule has 3 atom stereocenters. The molecular weight excluding hydrogens is 328 g/mol. The summed E-state index contributed by atoms with van der Waals surface area (Å²) in [6, 6.07) is -1.89. The third-order valence-corrected chi connectivity index (χ3v) is 4.29. The third kappa shape index (κ3) is 6.09.